The van der Waals surface area contributed by atoms with Crippen LogP contribution in [-0.2, 0) is 12.6 Å². The molecule has 0 aliphatic rings. The van der Waals surface area contributed by atoms with E-state index in [4.69, 9.17) is 5.11 Å². The van der Waals surface area contributed by atoms with Gasteiger partial charge in [-0.3, -0.25) is 4.79 Å². The molecular weight excluding hydrogens is 437 g/mol. The van der Waals surface area contributed by atoms with E-state index in [2.05, 4.69) is 10.3 Å². The molecule has 3 aromatic carbocycles. The fourth-order valence-electron chi connectivity index (χ4n) is 3.43. The smallest absolute Gasteiger partial charge is 0.395 e. The molecule has 0 unspecified atom stereocenters. The molecule has 0 bridgehead atoms. The third-order valence-electron chi connectivity index (χ3n) is 4.90. The first-order chi connectivity index (χ1) is 15.3. The van der Waals surface area contributed by atoms with Gasteiger partial charge in [-0.15, -0.1) is 11.3 Å². The Hall–Kier alpha value is -3.23. The molecule has 2 N–H and O–H groups in total. The Labute approximate surface area is 186 Å². The minimum absolute atomic E-state index is 0.139. The summed E-state index contributed by atoms with van der Waals surface area (Å²) < 4.78 is 40.0. The average molecular weight is 456 g/mol. The number of carbonyl (C=O) groups is 1. The lowest BCUT2D eigenvalue weighted by molar-refractivity contribution is -0.137. The maximum absolute atomic E-state index is 13.0. The summed E-state index contributed by atoms with van der Waals surface area (Å²) >= 11 is 1.43. The lowest BCUT2D eigenvalue weighted by Gasteiger charge is -2.07. The molecule has 4 aromatic rings. The summed E-state index contributed by atoms with van der Waals surface area (Å²) in [6.07, 6.45) is -4.09. The zero-order valence-electron chi connectivity index (χ0n) is 16.8. The van der Waals surface area contributed by atoms with E-state index >= 15 is 0 Å². The van der Waals surface area contributed by atoms with Crippen LogP contribution in [0, 0.1) is 0 Å². The number of rotatable bonds is 6. The highest BCUT2D eigenvalue weighted by Gasteiger charge is 2.30. The maximum Gasteiger partial charge on any atom is 0.416 e. The molecule has 0 atom stereocenters. The van der Waals surface area contributed by atoms with Crippen LogP contribution in [0.1, 0.15) is 26.5 Å². The van der Waals surface area contributed by atoms with Gasteiger partial charge < -0.3 is 10.4 Å². The summed E-state index contributed by atoms with van der Waals surface area (Å²) in [4.78, 5) is 16.9. The first kappa shape index (κ1) is 22.0. The van der Waals surface area contributed by atoms with Gasteiger partial charge in [0.1, 0.15) is 0 Å². The highest BCUT2D eigenvalue weighted by atomic mass is 32.1. The van der Waals surface area contributed by atoms with Gasteiger partial charge in [-0.05, 0) is 35.4 Å². The molecule has 0 fully saturated rings. The van der Waals surface area contributed by atoms with E-state index in [1.807, 2.05) is 24.3 Å². The van der Waals surface area contributed by atoms with Crippen molar-refractivity contribution >= 4 is 27.5 Å². The Morgan fingerprint density at radius 1 is 1.03 bits per heavy atom. The van der Waals surface area contributed by atoms with Crippen LogP contribution in [0.15, 0.2) is 66.7 Å². The summed E-state index contributed by atoms with van der Waals surface area (Å²) in [5.74, 6) is -0.275. The predicted octanol–water partition coefficient (Wildman–Crippen LogP) is 5.30. The zero-order valence-corrected chi connectivity index (χ0v) is 17.6. The van der Waals surface area contributed by atoms with Crippen LogP contribution < -0.4 is 5.32 Å². The van der Waals surface area contributed by atoms with Gasteiger partial charge in [0, 0.05) is 24.1 Å². The van der Waals surface area contributed by atoms with E-state index in [1.165, 1.54) is 17.4 Å². The third kappa shape index (κ3) is 4.81. The highest BCUT2D eigenvalue weighted by Crippen LogP contribution is 2.35. The van der Waals surface area contributed by atoms with Gasteiger partial charge in [-0.1, -0.05) is 42.5 Å². The zero-order chi connectivity index (χ0) is 22.7. The molecule has 0 spiro atoms. The van der Waals surface area contributed by atoms with Crippen molar-refractivity contribution < 1.29 is 23.1 Å². The van der Waals surface area contributed by atoms with E-state index in [0.29, 0.717) is 22.6 Å². The number of amides is 1. The number of alkyl halides is 3. The van der Waals surface area contributed by atoms with Crippen LogP contribution in [0.3, 0.4) is 0 Å². The van der Waals surface area contributed by atoms with Crippen molar-refractivity contribution in [3.63, 3.8) is 0 Å². The van der Waals surface area contributed by atoms with Crippen LogP contribution in [-0.4, -0.2) is 29.1 Å². The Morgan fingerprint density at radius 2 is 1.81 bits per heavy atom. The van der Waals surface area contributed by atoms with Gasteiger partial charge in [-0.25, -0.2) is 4.98 Å². The van der Waals surface area contributed by atoms with Crippen LogP contribution in [0.4, 0.5) is 13.2 Å². The number of hydrogen-bond acceptors (Lipinski definition) is 4. The fraction of sp³-hybridized carbons (Fsp3) is 0.167. The van der Waals surface area contributed by atoms with Crippen LogP contribution >= 0.6 is 11.3 Å². The van der Waals surface area contributed by atoms with Gasteiger partial charge in [0.05, 0.1) is 27.4 Å². The second-order valence-electron chi connectivity index (χ2n) is 7.20. The molecule has 1 amide bonds. The maximum atomic E-state index is 13.0. The van der Waals surface area contributed by atoms with Crippen molar-refractivity contribution in [2.45, 2.75) is 12.6 Å². The molecule has 8 heteroatoms. The normalized spacial score (nSPS) is 11.6. The first-order valence-electron chi connectivity index (χ1n) is 9.89. The quantitative estimate of drug-likeness (QED) is 0.414. The number of nitrogens with one attached hydrogen (secondary N) is 1. The van der Waals surface area contributed by atoms with Crippen molar-refractivity contribution in [2.24, 2.45) is 0 Å². The molecule has 4 nitrogen and oxygen atoms in total. The van der Waals surface area contributed by atoms with Gasteiger partial charge >= 0.3 is 6.18 Å². The number of aliphatic hydroxyl groups excluding tert-OH is 1. The monoisotopic (exact) mass is 456 g/mol. The van der Waals surface area contributed by atoms with Crippen molar-refractivity contribution in [2.75, 3.05) is 13.2 Å². The molecule has 0 saturated heterocycles. The number of halogens is 3. The molecule has 1 heterocycles. The Balaban J connectivity index is 1.66. The standard InChI is InChI=1S/C24H19F3N2O2S/c25-24(26,27)18-7-1-4-15(12-18)13-21-29-20-9-3-8-19(22(20)32-21)16-5-2-6-17(14-16)23(31)28-10-11-30/h1-9,12,14,30H,10-11,13H2,(H,28,31). The minimum Gasteiger partial charge on any atom is -0.395 e. The summed E-state index contributed by atoms with van der Waals surface area (Å²) in [6.45, 7) is 0.0344. The lowest BCUT2D eigenvalue weighted by Crippen LogP contribution is -2.26. The molecule has 1 aromatic heterocycles. The molecular formula is C24H19F3N2O2S. The molecule has 0 radical (unpaired) electrons. The molecule has 4 rings (SSSR count). The van der Waals surface area contributed by atoms with E-state index in [9.17, 15) is 18.0 Å². The van der Waals surface area contributed by atoms with Gasteiger partial charge in [0.15, 0.2) is 0 Å². The summed E-state index contributed by atoms with van der Waals surface area (Å²) in [5.41, 5.74) is 2.83. The molecule has 0 aliphatic heterocycles. The Kier molecular flexibility index (Phi) is 6.25. The van der Waals surface area contributed by atoms with E-state index in [-0.39, 0.29) is 19.1 Å². The van der Waals surface area contributed by atoms with Crippen molar-refractivity contribution in [1.29, 1.82) is 0 Å². The number of carbonyl (C=O) groups excluding carboxylic acids is 1. The molecule has 164 valence electrons. The molecule has 32 heavy (non-hydrogen) atoms. The molecule has 0 saturated carbocycles. The van der Waals surface area contributed by atoms with Crippen molar-refractivity contribution in [1.82, 2.24) is 10.3 Å². The number of nitrogens with zero attached hydrogens (tertiary/aromatic N) is 1. The van der Waals surface area contributed by atoms with Gasteiger partial charge in [0.25, 0.3) is 5.91 Å². The van der Waals surface area contributed by atoms with Gasteiger partial charge in [0.2, 0.25) is 0 Å². The van der Waals surface area contributed by atoms with E-state index in [1.54, 1.807) is 24.3 Å². The lowest BCUT2D eigenvalue weighted by atomic mass is 10.0. The van der Waals surface area contributed by atoms with E-state index in [0.717, 1.165) is 33.5 Å². The number of hydrogen-bond donors (Lipinski definition) is 2. The summed E-state index contributed by atoms with van der Waals surface area (Å²) in [5, 5.41) is 12.2. The molecule has 0 aliphatic carbocycles. The highest BCUT2D eigenvalue weighted by molar-refractivity contribution is 7.19. The van der Waals surface area contributed by atoms with Crippen molar-refractivity contribution in [3.8, 4) is 11.1 Å². The first-order valence-corrected chi connectivity index (χ1v) is 10.7. The number of thiazole rings is 1. The van der Waals surface area contributed by atoms with Crippen LogP contribution in [0.5, 0.6) is 0 Å². The van der Waals surface area contributed by atoms with Crippen molar-refractivity contribution in [3.05, 3.63) is 88.4 Å². The number of aliphatic hydroxyl groups is 1. The van der Waals surface area contributed by atoms with Gasteiger partial charge in [-0.2, -0.15) is 13.2 Å². The fourth-order valence-corrected chi connectivity index (χ4v) is 4.56. The van der Waals surface area contributed by atoms with Crippen LogP contribution in [0.25, 0.3) is 21.3 Å². The second-order valence-corrected chi connectivity index (χ2v) is 8.28. The minimum atomic E-state index is -4.38. The summed E-state index contributed by atoms with van der Waals surface area (Å²) in [7, 11) is 0. The topological polar surface area (TPSA) is 62.2 Å². The number of aromatic nitrogens is 1. The summed E-state index contributed by atoms with van der Waals surface area (Å²) in [6, 6.07) is 18.1. The Morgan fingerprint density at radius 3 is 2.59 bits per heavy atom. The Bertz CT molecular complexity index is 1270. The van der Waals surface area contributed by atoms with E-state index < -0.39 is 11.7 Å². The number of benzene rings is 3. The second kappa shape index (κ2) is 9.10. The number of fused-ring (bicyclic) bond motifs is 1. The van der Waals surface area contributed by atoms with Crippen LogP contribution in [0.2, 0.25) is 0 Å². The third-order valence-corrected chi connectivity index (χ3v) is 6.01. The predicted molar refractivity (Wildman–Crippen MR) is 119 cm³/mol. The SMILES string of the molecule is O=C(NCCO)c1cccc(-c2cccc3nc(Cc4cccc(C(F)(F)F)c4)sc23)c1. The average Bonchev–Trinajstić information content (AvgIpc) is 3.19. The largest absolute Gasteiger partial charge is 0.416 e.